The van der Waals surface area contributed by atoms with E-state index in [1.165, 1.54) is 6.33 Å². The maximum atomic E-state index is 11.5. The molecule has 1 unspecified atom stereocenters. The summed E-state index contributed by atoms with van der Waals surface area (Å²) in [4.78, 5) is 17.8. The summed E-state index contributed by atoms with van der Waals surface area (Å²) in [6, 6.07) is 7.75. The molecule has 1 aliphatic heterocycles. The zero-order valence-electron chi connectivity index (χ0n) is 11.2. The van der Waals surface area contributed by atoms with Crippen molar-refractivity contribution in [2.45, 2.75) is 19.0 Å². The first-order valence-electron chi connectivity index (χ1n) is 6.51. The van der Waals surface area contributed by atoms with Gasteiger partial charge in [-0.2, -0.15) is 5.10 Å². The molecule has 0 amide bonds. The van der Waals surface area contributed by atoms with Gasteiger partial charge in [-0.05, 0) is 11.1 Å². The number of nitrogens with zero attached hydrogens (tertiary/aromatic N) is 4. The largest absolute Gasteiger partial charge is 0.481 e. The summed E-state index contributed by atoms with van der Waals surface area (Å²) in [5, 5.41) is 13.5. The van der Waals surface area contributed by atoms with E-state index in [1.807, 2.05) is 31.3 Å². The quantitative estimate of drug-likeness (QED) is 0.902. The van der Waals surface area contributed by atoms with Gasteiger partial charge in [-0.25, -0.2) is 4.98 Å². The van der Waals surface area contributed by atoms with Gasteiger partial charge in [0.05, 0.1) is 12.5 Å². The SMILES string of the molecule is Cn1ncnc1CN1Cc2ccccc2C(C(=O)O)C1. The van der Waals surface area contributed by atoms with Crippen LogP contribution in [0.5, 0.6) is 0 Å². The van der Waals surface area contributed by atoms with Crippen molar-refractivity contribution in [3.8, 4) is 0 Å². The minimum Gasteiger partial charge on any atom is -0.481 e. The van der Waals surface area contributed by atoms with E-state index in [4.69, 9.17) is 0 Å². The van der Waals surface area contributed by atoms with Gasteiger partial charge in [0.15, 0.2) is 0 Å². The van der Waals surface area contributed by atoms with Crippen LogP contribution in [0.15, 0.2) is 30.6 Å². The molecule has 3 rings (SSSR count). The first kappa shape index (κ1) is 12.8. The van der Waals surface area contributed by atoms with Crippen LogP contribution in [-0.2, 0) is 24.9 Å². The molecular formula is C14H16N4O2. The van der Waals surface area contributed by atoms with Gasteiger partial charge < -0.3 is 5.11 Å². The second-order valence-electron chi connectivity index (χ2n) is 5.06. The average molecular weight is 272 g/mol. The van der Waals surface area contributed by atoms with E-state index in [1.54, 1.807) is 4.68 Å². The maximum absolute atomic E-state index is 11.5. The molecule has 0 bridgehead atoms. The van der Waals surface area contributed by atoms with Gasteiger partial charge in [-0.1, -0.05) is 24.3 Å². The second kappa shape index (κ2) is 5.05. The molecule has 0 radical (unpaired) electrons. The minimum atomic E-state index is -0.778. The summed E-state index contributed by atoms with van der Waals surface area (Å²) < 4.78 is 1.72. The van der Waals surface area contributed by atoms with E-state index >= 15 is 0 Å². The van der Waals surface area contributed by atoms with Crippen molar-refractivity contribution in [2.75, 3.05) is 6.54 Å². The summed E-state index contributed by atoms with van der Waals surface area (Å²) in [5.74, 6) is -0.415. The van der Waals surface area contributed by atoms with Crippen LogP contribution in [0.3, 0.4) is 0 Å². The van der Waals surface area contributed by atoms with Crippen LogP contribution in [-0.4, -0.2) is 37.3 Å². The van der Waals surface area contributed by atoms with Crippen LogP contribution in [0.25, 0.3) is 0 Å². The van der Waals surface area contributed by atoms with Crippen LogP contribution in [0.1, 0.15) is 22.9 Å². The zero-order valence-corrected chi connectivity index (χ0v) is 11.2. The Hall–Kier alpha value is -2.21. The Morgan fingerprint density at radius 2 is 2.25 bits per heavy atom. The Balaban J connectivity index is 1.86. The number of hydrogen-bond donors (Lipinski definition) is 1. The number of carboxylic acids is 1. The Morgan fingerprint density at radius 1 is 1.45 bits per heavy atom. The normalized spacial score (nSPS) is 18.8. The predicted octanol–water partition coefficient (Wildman–Crippen LogP) is 0.999. The molecule has 6 nitrogen and oxygen atoms in total. The topological polar surface area (TPSA) is 71.2 Å². The minimum absolute atomic E-state index is 0.479. The molecule has 6 heteroatoms. The number of aromatic nitrogens is 3. The number of hydrogen-bond acceptors (Lipinski definition) is 4. The van der Waals surface area contributed by atoms with Crippen LogP contribution < -0.4 is 0 Å². The summed E-state index contributed by atoms with van der Waals surface area (Å²) in [6.45, 7) is 1.85. The number of aliphatic carboxylic acids is 1. The van der Waals surface area contributed by atoms with Crippen molar-refractivity contribution in [1.82, 2.24) is 19.7 Å². The highest BCUT2D eigenvalue weighted by molar-refractivity contribution is 5.77. The van der Waals surface area contributed by atoms with E-state index < -0.39 is 11.9 Å². The predicted molar refractivity (Wildman–Crippen MR) is 71.9 cm³/mol. The second-order valence-corrected chi connectivity index (χ2v) is 5.06. The molecule has 1 atom stereocenters. The van der Waals surface area contributed by atoms with E-state index in [0.717, 1.165) is 23.5 Å². The summed E-state index contributed by atoms with van der Waals surface area (Å²) in [6.07, 6.45) is 1.52. The molecule has 1 aromatic carbocycles. The highest BCUT2D eigenvalue weighted by Crippen LogP contribution is 2.29. The monoisotopic (exact) mass is 272 g/mol. The zero-order chi connectivity index (χ0) is 14.1. The van der Waals surface area contributed by atoms with E-state index in [2.05, 4.69) is 15.0 Å². The molecule has 20 heavy (non-hydrogen) atoms. The molecule has 0 saturated heterocycles. The van der Waals surface area contributed by atoms with Crippen LogP contribution in [0, 0.1) is 0 Å². The third kappa shape index (κ3) is 2.30. The highest BCUT2D eigenvalue weighted by Gasteiger charge is 2.30. The Labute approximate surface area is 116 Å². The number of benzene rings is 1. The Kier molecular flexibility index (Phi) is 3.23. The lowest BCUT2D eigenvalue weighted by Gasteiger charge is -2.32. The molecule has 1 aliphatic rings. The van der Waals surface area contributed by atoms with Gasteiger partial charge in [0.25, 0.3) is 0 Å². The van der Waals surface area contributed by atoms with Crippen molar-refractivity contribution in [3.63, 3.8) is 0 Å². The van der Waals surface area contributed by atoms with Gasteiger partial charge in [0.1, 0.15) is 12.2 Å². The van der Waals surface area contributed by atoms with Crippen molar-refractivity contribution >= 4 is 5.97 Å². The fourth-order valence-corrected chi connectivity index (χ4v) is 2.67. The van der Waals surface area contributed by atoms with Gasteiger partial charge in [0, 0.05) is 20.1 Å². The first-order chi connectivity index (χ1) is 9.65. The summed E-state index contributed by atoms with van der Waals surface area (Å²) in [5.41, 5.74) is 2.00. The van der Waals surface area contributed by atoms with Crippen molar-refractivity contribution < 1.29 is 9.90 Å². The maximum Gasteiger partial charge on any atom is 0.312 e. The fourth-order valence-electron chi connectivity index (χ4n) is 2.67. The molecule has 2 aromatic rings. The highest BCUT2D eigenvalue weighted by atomic mass is 16.4. The molecule has 2 heterocycles. The van der Waals surface area contributed by atoms with Crippen molar-refractivity contribution in [2.24, 2.45) is 7.05 Å². The lowest BCUT2D eigenvalue weighted by atomic mass is 9.90. The lowest BCUT2D eigenvalue weighted by molar-refractivity contribution is -0.139. The van der Waals surface area contributed by atoms with E-state index in [-0.39, 0.29) is 0 Å². The third-order valence-corrected chi connectivity index (χ3v) is 3.73. The van der Waals surface area contributed by atoms with Crippen LogP contribution in [0.4, 0.5) is 0 Å². The van der Waals surface area contributed by atoms with Gasteiger partial charge >= 0.3 is 5.97 Å². The molecule has 1 aromatic heterocycles. The Bertz CT molecular complexity index is 638. The standard InChI is InChI=1S/C14H16N4O2/c1-17-13(15-9-16-17)8-18-6-10-4-2-3-5-11(10)12(7-18)14(19)20/h2-5,9,12H,6-8H2,1H3,(H,19,20). The fraction of sp³-hybridized carbons (Fsp3) is 0.357. The average Bonchev–Trinajstić information content (AvgIpc) is 2.83. The van der Waals surface area contributed by atoms with Crippen molar-refractivity contribution in [3.05, 3.63) is 47.5 Å². The number of fused-ring (bicyclic) bond motifs is 1. The molecule has 0 fully saturated rings. The van der Waals surface area contributed by atoms with Gasteiger partial charge in [0.2, 0.25) is 0 Å². The Morgan fingerprint density at radius 3 is 2.95 bits per heavy atom. The van der Waals surface area contributed by atoms with E-state index in [9.17, 15) is 9.90 Å². The van der Waals surface area contributed by atoms with Crippen LogP contribution in [0.2, 0.25) is 0 Å². The van der Waals surface area contributed by atoms with E-state index in [0.29, 0.717) is 13.1 Å². The molecular weight excluding hydrogens is 256 g/mol. The number of rotatable bonds is 3. The smallest absolute Gasteiger partial charge is 0.312 e. The lowest BCUT2D eigenvalue weighted by Crippen LogP contribution is -2.37. The number of carbonyl (C=O) groups is 1. The molecule has 0 aliphatic carbocycles. The molecule has 104 valence electrons. The number of carboxylic acid groups (broad SMARTS) is 1. The van der Waals surface area contributed by atoms with Crippen molar-refractivity contribution in [1.29, 1.82) is 0 Å². The first-order valence-corrected chi connectivity index (χ1v) is 6.51. The summed E-state index contributed by atoms with van der Waals surface area (Å²) >= 11 is 0. The van der Waals surface area contributed by atoms with Gasteiger partial charge in [-0.3, -0.25) is 14.4 Å². The van der Waals surface area contributed by atoms with Gasteiger partial charge in [-0.15, -0.1) is 0 Å². The third-order valence-electron chi connectivity index (χ3n) is 3.73. The molecule has 0 spiro atoms. The molecule has 1 N–H and O–H groups in total. The number of aryl methyl sites for hydroxylation is 1. The van der Waals surface area contributed by atoms with Crippen LogP contribution >= 0.6 is 0 Å². The molecule has 0 saturated carbocycles. The summed E-state index contributed by atoms with van der Waals surface area (Å²) in [7, 11) is 1.84.